The molecule has 0 spiro atoms. The fourth-order valence-corrected chi connectivity index (χ4v) is 2.47. The maximum atomic E-state index is 12.2. The number of carbonyl (C=O) groups excluding carboxylic acids is 1. The van der Waals surface area contributed by atoms with E-state index in [2.05, 4.69) is 5.32 Å². The Morgan fingerprint density at radius 2 is 2.00 bits per heavy atom. The third kappa shape index (κ3) is 3.72. The predicted molar refractivity (Wildman–Crippen MR) is 76.4 cm³/mol. The van der Waals surface area contributed by atoms with Gasteiger partial charge in [0.15, 0.2) is 0 Å². The Morgan fingerprint density at radius 3 is 2.62 bits per heavy atom. The number of nitrogens with one attached hydrogen (secondary N) is 1. The normalized spacial score (nSPS) is 17.2. The third-order valence-corrected chi connectivity index (χ3v) is 3.88. The molecule has 1 heterocycles. The fourth-order valence-electron chi connectivity index (χ4n) is 2.47. The van der Waals surface area contributed by atoms with E-state index in [4.69, 9.17) is 9.84 Å². The van der Waals surface area contributed by atoms with Crippen LogP contribution in [-0.2, 0) is 9.53 Å². The van der Waals surface area contributed by atoms with Crippen LogP contribution >= 0.6 is 0 Å². The van der Waals surface area contributed by atoms with E-state index in [1.54, 1.807) is 0 Å². The maximum absolute atomic E-state index is 12.2. The first-order chi connectivity index (χ1) is 9.99. The Hall–Kier alpha value is -2.08. The Kier molecular flexibility index (Phi) is 4.80. The molecule has 1 amide bonds. The van der Waals surface area contributed by atoms with Crippen molar-refractivity contribution in [3.05, 3.63) is 23.8 Å². The first-order valence-corrected chi connectivity index (χ1v) is 6.94. The minimum absolute atomic E-state index is 0.149. The second kappa shape index (κ2) is 6.58. The molecule has 1 fully saturated rings. The number of ether oxygens (including phenoxy) is 1. The molecule has 2 rings (SSSR count). The highest BCUT2D eigenvalue weighted by Crippen LogP contribution is 2.26. The third-order valence-electron chi connectivity index (χ3n) is 3.88. The van der Waals surface area contributed by atoms with Gasteiger partial charge in [0.25, 0.3) is 0 Å². The molecule has 1 unspecified atom stereocenters. The predicted octanol–water partition coefficient (Wildman–Crippen LogP) is 2.09. The lowest BCUT2D eigenvalue weighted by Crippen LogP contribution is -2.31. The molecule has 21 heavy (non-hydrogen) atoms. The molecule has 6 heteroatoms. The van der Waals surface area contributed by atoms with Crippen LogP contribution in [0.1, 0.15) is 30.1 Å². The number of hydrogen-bond donors (Lipinski definition) is 3. The number of carboxylic acid groups (broad SMARTS) is 1. The van der Waals surface area contributed by atoms with E-state index in [9.17, 15) is 14.7 Å². The van der Waals surface area contributed by atoms with E-state index < -0.39 is 5.97 Å². The van der Waals surface area contributed by atoms with Crippen LogP contribution in [0.2, 0.25) is 0 Å². The summed E-state index contributed by atoms with van der Waals surface area (Å²) >= 11 is 0. The van der Waals surface area contributed by atoms with Gasteiger partial charge in [-0.15, -0.1) is 0 Å². The summed E-state index contributed by atoms with van der Waals surface area (Å²) < 4.78 is 5.28. The van der Waals surface area contributed by atoms with Gasteiger partial charge in [0.2, 0.25) is 5.91 Å². The number of carbonyl (C=O) groups is 2. The number of amides is 1. The second-order valence-electron chi connectivity index (χ2n) is 5.26. The molecule has 1 aromatic rings. The molecule has 0 bridgehead atoms. The number of rotatable bonds is 4. The quantitative estimate of drug-likeness (QED) is 0.739. The van der Waals surface area contributed by atoms with Crippen LogP contribution in [0.15, 0.2) is 18.2 Å². The molecule has 1 aliphatic rings. The lowest BCUT2D eigenvalue weighted by Gasteiger charge is -2.27. The van der Waals surface area contributed by atoms with Crippen molar-refractivity contribution in [3.63, 3.8) is 0 Å². The van der Waals surface area contributed by atoms with E-state index in [1.165, 1.54) is 18.2 Å². The van der Waals surface area contributed by atoms with E-state index in [1.807, 2.05) is 6.92 Å². The van der Waals surface area contributed by atoms with Gasteiger partial charge in [0.05, 0.1) is 0 Å². The van der Waals surface area contributed by atoms with E-state index in [0.29, 0.717) is 18.9 Å². The standard InChI is InChI=1S/C15H19NO5/c1-9(10-4-6-21-7-5-10)14(18)16-11-2-3-13(17)12(8-11)15(19)20/h2-3,8-10,17H,4-7H2,1H3,(H,16,18)(H,19,20). The van der Waals surface area contributed by atoms with Crippen LogP contribution in [0.3, 0.4) is 0 Å². The molecule has 0 aromatic heterocycles. The smallest absolute Gasteiger partial charge is 0.339 e. The zero-order valence-corrected chi connectivity index (χ0v) is 11.8. The minimum Gasteiger partial charge on any atom is -0.507 e. The summed E-state index contributed by atoms with van der Waals surface area (Å²) in [4.78, 5) is 23.2. The number of hydrogen-bond acceptors (Lipinski definition) is 4. The van der Waals surface area contributed by atoms with Crippen molar-refractivity contribution in [3.8, 4) is 5.75 Å². The number of aromatic hydroxyl groups is 1. The summed E-state index contributed by atoms with van der Waals surface area (Å²) in [5, 5.41) is 21.1. The summed E-state index contributed by atoms with van der Waals surface area (Å²) in [5.41, 5.74) is 0.139. The summed E-state index contributed by atoms with van der Waals surface area (Å²) in [6.07, 6.45) is 1.70. The number of aromatic carboxylic acids is 1. The largest absolute Gasteiger partial charge is 0.507 e. The molecule has 0 saturated carbocycles. The molecular formula is C15H19NO5. The molecule has 6 nitrogen and oxygen atoms in total. The molecule has 3 N–H and O–H groups in total. The topological polar surface area (TPSA) is 95.9 Å². The summed E-state index contributed by atoms with van der Waals surface area (Å²) in [5.74, 6) is -1.60. The van der Waals surface area contributed by atoms with Gasteiger partial charge in [0, 0.05) is 24.8 Å². The van der Waals surface area contributed by atoms with Crippen LogP contribution < -0.4 is 5.32 Å². The highest BCUT2D eigenvalue weighted by atomic mass is 16.5. The SMILES string of the molecule is CC(C(=O)Nc1ccc(O)c(C(=O)O)c1)C1CCOCC1. The fraction of sp³-hybridized carbons (Fsp3) is 0.467. The molecule has 1 saturated heterocycles. The Balaban J connectivity index is 2.05. The summed E-state index contributed by atoms with van der Waals surface area (Å²) in [7, 11) is 0. The number of anilines is 1. The lowest BCUT2D eigenvalue weighted by atomic mass is 9.86. The van der Waals surface area contributed by atoms with Crippen molar-refractivity contribution < 1.29 is 24.5 Å². The van der Waals surface area contributed by atoms with Gasteiger partial charge in [-0.3, -0.25) is 4.79 Å². The summed E-state index contributed by atoms with van der Waals surface area (Å²) in [6.45, 7) is 3.21. The zero-order valence-electron chi connectivity index (χ0n) is 11.8. The lowest BCUT2D eigenvalue weighted by molar-refractivity contribution is -0.122. The van der Waals surface area contributed by atoms with Gasteiger partial charge in [-0.25, -0.2) is 4.79 Å². The van der Waals surface area contributed by atoms with Gasteiger partial charge in [-0.1, -0.05) is 6.92 Å². The maximum Gasteiger partial charge on any atom is 0.339 e. The van der Waals surface area contributed by atoms with Crippen molar-refractivity contribution in [2.75, 3.05) is 18.5 Å². The Morgan fingerprint density at radius 1 is 1.33 bits per heavy atom. The second-order valence-corrected chi connectivity index (χ2v) is 5.26. The number of phenols is 1. The van der Waals surface area contributed by atoms with Crippen molar-refractivity contribution in [2.45, 2.75) is 19.8 Å². The van der Waals surface area contributed by atoms with Crippen LogP contribution in [-0.4, -0.2) is 35.3 Å². The van der Waals surface area contributed by atoms with Crippen molar-refractivity contribution in [1.29, 1.82) is 0 Å². The molecule has 1 atom stereocenters. The molecule has 1 aromatic carbocycles. The summed E-state index contributed by atoms with van der Waals surface area (Å²) in [6, 6.07) is 4.00. The molecular weight excluding hydrogens is 274 g/mol. The molecule has 114 valence electrons. The highest BCUT2D eigenvalue weighted by Gasteiger charge is 2.26. The van der Waals surface area contributed by atoms with Crippen molar-refractivity contribution in [1.82, 2.24) is 0 Å². The number of benzene rings is 1. The average molecular weight is 293 g/mol. The van der Waals surface area contributed by atoms with Gasteiger partial charge in [0.1, 0.15) is 11.3 Å². The van der Waals surface area contributed by atoms with Crippen molar-refractivity contribution >= 4 is 17.6 Å². The minimum atomic E-state index is -1.24. The van der Waals surface area contributed by atoms with E-state index >= 15 is 0 Å². The monoisotopic (exact) mass is 293 g/mol. The Bertz CT molecular complexity index is 537. The van der Waals surface area contributed by atoms with Crippen LogP contribution in [0.5, 0.6) is 5.75 Å². The van der Waals surface area contributed by atoms with Crippen LogP contribution in [0, 0.1) is 11.8 Å². The van der Waals surface area contributed by atoms with E-state index in [0.717, 1.165) is 12.8 Å². The van der Waals surface area contributed by atoms with Crippen LogP contribution in [0.4, 0.5) is 5.69 Å². The molecule has 1 aliphatic heterocycles. The molecule has 0 radical (unpaired) electrons. The molecule has 0 aliphatic carbocycles. The average Bonchev–Trinajstić information content (AvgIpc) is 2.49. The number of carboxylic acids is 1. The van der Waals surface area contributed by atoms with Crippen LogP contribution in [0.25, 0.3) is 0 Å². The Labute approximate surface area is 122 Å². The zero-order chi connectivity index (χ0) is 15.4. The first-order valence-electron chi connectivity index (χ1n) is 6.94. The van der Waals surface area contributed by atoms with Gasteiger partial charge in [-0.05, 0) is 37.0 Å². The highest BCUT2D eigenvalue weighted by molar-refractivity contribution is 5.96. The van der Waals surface area contributed by atoms with E-state index in [-0.39, 0.29) is 29.1 Å². The van der Waals surface area contributed by atoms with Gasteiger partial charge < -0.3 is 20.3 Å². The van der Waals surface area contributed by atoms with Gasteiger partial charge >= 0.3 is 5.97 Å². The van der Waals surface area contributed by atoms with Gasteiger partial charge in [-0.2, -0.15) is 0 Å². The van der Waals surface area contributed by atoms with Crippen molar-refractivity contribution in [2.24, 2.45) is 11.8 Å². The first kappa shape index (κ1) is 15.3.